The summed E-state index contributed by atoms with van der Waals surface area (Å²) in [7, 11) is 1.68. The minimum atomic E-state index is 0.562. The minimum absolute atomic E-state index is 0.562. The second-order valence-corrected chi connectivity index (χ2v) is 5.27. The number of hydrogen-bond acceptors (Lipinski definition) is 7. The van der Waals surface area contributed by atoms with E-state index in [0.717, 1.165) is 19.6 Å². The van der Waals surface area contributed by atoms with E-state index in [1.807, 2.05) is 6.07 Å². The highest BCUT2D eigenvalue weighted by atomic mass is 32.1. The number of anilines is 1. The first-order valence-corrected chi connectivity index (χ1v) is 7.50. The Labute approximate surface area is 122 Å². The summed E-state index contributed by atoms with van der Waals surface area (Å²) < 4.78 is 10.6. The van der Waals surface area contributed by atoms with E-state index < -0.39 is 0 Å². The van der Waals surface area contributed by atoms with Crippen LogP contribution < -0.4 is 10.2 Å². The molecule has 0 aliphatic heterocycles. The van der Waals surface area contributed by atoms with Gasteiger partial charge in [-0.05, 0) is 18.4 Å². The van der Waals surface area contributed by atoms with Gasteiger partial charge in [0.05, 0.1) is 19.7 Å². The van der Waals surface area contributed by atoms with E-state index in [-0.39, 0.29) is 0 Å². The second-order valence-electron chi connectivity index (χ2n) is 4.24. The molecule has 0 aromatic carbocycles. The van der Waals surface area contributed by atoms with Gasteiger partial charge in [-0.15, -0.1) is 16.4 Å². The van der Waals surface area contributed by atoms with E-state index in [9.17, 15) is 0 Å². The molecule has 0 aliphatic rings. The summed E-state index contributed by atoms with van der Waals surface area (Å²) in [4.78, 5) is 3.35. The molecule has 0 atom stereocenters. The average molecular weight is 296 g/mol. The van der Waals surface area contributed by atoms with E-state index in [1.54, 1.807) is 18.4 Å². The van der Waals surface area contributed by atoms with Crippen LogP contribution in [-0.4, -0.2) is 37.0 Å². The largest absolute Gasteiger partial charge is 0.407 e. The summed E-state index contributed by atoms with van der Waals surface area (Å²) in [5.74, 6) is 0.598. The molecule has 2 heterocycles. The third-order valence-corrected chi connectivity index (χ3v) is 3.66. The van der Waals surface area contributed by atoms with Gasteiger partial charge < -0.3 is 19.4 Å². The number of hydrogen-bond donors (Lipinski definition) is 1. The van der Waals surface area contributed by atoms with Crippen molar-refractivity contribution in [2.45, 2.75) is 20.0 Å². The number of aromatic nitrogens is 2. The van der Waals surface area contributed by atoms with Gasteiger partial charge in [0.1, 0.15) is 0 Å². The molecule has 2 aromatic rings. The third kappa shape index (κ3) is 4.29. The number of rotatable bonds is 9. The van der Waals surface area contributed by atoms with E-state index in [2.05, 4.69) is 38.8 Å². The van der Waals surface area contributed by atoms with Crippen molar-refractivity contribution < 1.29 is 9.15 Å². The summed E-state index contributed by atoms with van der Waals surface area (Å²) in [6.45, 7) is 5.70. The fourth-order valence-corrected chi connectivity index (χ4v) is 2.44. The number of methoxy groups -OCH3 is 1. The summed E-state index contributed by atoms with van der Waals surface area (Å²) in [6.07, 6.45) is 0. The van der Waals surface area contributed by atoms with Gasteiger partial charge in [0.25, 0.3) is 0 Å². The fraction of sp³-hybridized carbons (Fsp3) is 0.538. The monoisotopic (exact) mass is 296 g/mol. The lowest BCUT2D eigenvalue weighted by molar-refractivity contribution is 0.198. The summed E-state index contributed by atoms with van der Waals surface area (Å²) >= 11 is 1.73. The standard InChI is InChI=1S/C13H20N4O2S/c1-3-17(10-11-5-4-8-20-11)13-16-15-12(19-13)9-14-6-7-18-2/h4-5,8,14H,3,6-7,9-10H2,1-2H3. The molecule has 20 heavy (non-hydrogen) atoms. The molecule has 0 aliphatic carbocycles. The van der Waals surface area contributed by atoms with Crippen LogP contribution in [0.2, 0.25) is 0 Å². The van der Waals surface area contributed by atoms with Crippen LogP contribution in [0.1, 0.15) is 17.7 Å². The van der Waals surface area contributed by atoms with Crippen LogP contribution in [0.4, 0.5) is 6.01 Å². The van der Waals surface area contributed by atoms with Crippen molar-refractivity contribution in [1.82, 2.24) is 15.5 Å². The SMILES string of the molecule is CCN(Cc1cccs1)c1nnc(CNCCOC)o1. The zero-order chi connectivity index (χ0) is 14.2. The Morgan fingerprint density at radius 1 is 1.45 bits per heavy atom. The Hall–Kier alpha value is -1.44. The molecule has 0 unspecified atom stereocenters. The van der Waals surface area contributed by atoms with Crippen molar-refractivity contribution in [1.29, 1.82) is 0 Å². The van der Waals surface area contributed by atoms with E-state index in [4.69, 9.17) is 9.15 Å². The molecule has 0 saturated heterocycles. The summed E-state index contributed by atoms with van der Waals surface area (Å²) in [6, 6.07) is 4.73. The minimum Gasteiger partial charge on any atom is -0.407 e. The van der Waals surface area contributed by atoms with Crippen LogP contribution >= 0.6 is 11.3 Å². The molecule has 0 amide bonds. The molecule has 0 bridgehead atoms. The lowest BCUT2D eigenvalue weighted by Gasteiger charge is -2.16. The normalized spacial score (nSPS) is 10.9. The molecule has 6 nitrogen and oxygen atoms in total. The predicted molar refractivity (Wildman–Crippen MR) is 78.9 cm³/mol. The summed E-state index contributed by atoms with van der Waals surface area (Å²) in [5.41, 5.74) is 0. The maximum absolute atomic E-state index is 5.67. The van der Waals surface area contributed by atoms with Crippen molar-refractivity contribution in [3.05, 3.63) is 28.3 Å². The van der Waals surface area contributed by atoms with Crippen molar-refractivity contribution in [3.8, 4) is 0 Å². The van der Waals surface area contributed by atoms with Gasteiger partial charge in [-0.1, -0.05) is 11.2 Å². The lowest BCUT2D eigenvalue weighted by atomic mass is 10.4. The fourth-order valence-electron chi connectivity index (χ4n) is 1.72. The maximum atomic E-state index is 5.67. The second kappa shape index (κ2) is 7.98. The van der Waals surface area contributed by atoms with Crippen molar-refractivity contribution >= 4 is 17.4 Å². The molecule has 0 saturated carbocycles. The molecule has 7 heteroatoms. The van der Waals surface area contributed by atoms with Crippen LogP contribution in [0.5, 0.6) is 0 Å². The first-order valence-electron chi connectivity index (χ1n) is 6.62. The Bertz CT molecular complexity index is 486. The first-order chi connectivity index (χ1) is 9.83. The number of ether oxygens (including phenoxy) is 1. The molecule has 0 spiro atoms. The van der Waals surface area contributed by atoms with Gasteiger partial charge in [-0.25, -0.2) is 0 Å². The molecule has 2 aromatic heterocycles. The van der Waals surface area contributed by atoms with Crippen molar-refractivity contribution in [2.75, 3.05) is 31.7 Å². The maximum Gasteiger partial charge on any atom is 0.318 e. The van der Waals surface area contributed by atoms with Gasteiger partial charge in [-0.3, -0.25) is 0 Å². The Morgan fingerprint density at radius 2 is 2.35 bits per heavy atom. The highest BCUT2D eigenvalue weighted by Crippen LogP contribution is 2.18. The van der Waals surface area contributed by atoms with Crippen LogP contribution in [0.15, 0.2) is 21.9 Å². The van der Waals surface area contributed by atoms with Crippen molar-refractivity contribution in [2.24, 2.45) is 0 Å². The van der Waals surface area contributed by atoms with Crippen LogP contribution in [0.25, 0.3) is 0 Å². The topological polar surface area (TPSA) is 63.4 Å². The molecule has 0 radical (unpaired) electrons. The highest BCUT2D eigenvalue weighted by molar-refractivity contribution is 7.09. The average Bonchev–Trinajstić information content (AvgIpc) is 3.12. The Balaban J connectivity index is 1.88. The van der Waals surface area contributed by atoms with Gasteiger partial charge in [0.2, 0.25) is 5.89 Å². The highest BCUT2D eigenvalue weighted by Gasteiger charge is 2.13. The Morgan fingerprint density at radius 3 is 3.05 bits per heavy atom. The van der Waals surface area contributed by atoms with E-state index >= 15 is 0 Å². The quantitative estimate of drug-likeness (QED) is 0.713. The van der Waals surface area contributed by atoms with Gasteiger partial charge in [0.15, 0.2) is 0 Å². The smallest absolute Gasteiger partial charge is 0.318 e. The number of thiophene rings is 1. The molecule has 0 fully saturated rings. The molecular weight excluding hydrogens is 276 g/mol. The van der Waals surface area contributed by atoms with Crippen LogP contribution in [-0.2, 0) is 17.8 Å². The zero-order valence-electron chi connectivity index (χ0n) is 11.8. The first kappa shape index (κ1) is 15.0. The number of nitrogens with zero attached hydrogens (tertiary/aromatic N) is 3. The van der Waals surface area contributed by atoms with Gasteiger partial charge in [0, 0.05) is 25.1 Å². The van der Waals surface area contributed by atoms with E-state index in [0.29, 0.717) is 25.1 Å². The summed E-state index contributed by atoms with van der Waals surface area (Å²) in [5, 5.41) is 13.4. The predicted octanol–water partition coefficient (Wildman–Crippen LogP) is 1.89. The lowest BCUT2D eigenvalue weighted by Crippen LogP contribution is -2.21. The Kier molecular flexibility index (Phi) is 5.97. The number of nitrogens with one attached hydrogen (secondary N) is 1. The molecule has 1 N–H and O–H groups in total. The molecular formula is C13H20N4O2S. The van der Waals surface area contributed by atoms with Gasteiger partial charge >= 0.3 is 6.01 Å². The van der Waals surface area contributed by atoms with Crippen LogP contribution in [0, 0.1) is 0 Å². The van der Waals surface area contributed by atoms with E-state index in [1.165, 1.54) is 4.88 Å². The van der Waals surface area contributed by atoms with Gasteiger partial charge in [-0.2, -0.15) is 0 Å². The molecule has 2 rings (SSSR count). The third-order valence-electron chi connectivity index (χ3n) is 2.79. The molecule has 110 valence electrons. The van der Waals surface area contributed by atoms with Crippen LogP contribution in [0.3, 0.4) is 0 Å². The van der Waals surface area contributed by atoms with Crippen molar-refractivity contribution in [3.63, 3.8) is 0 Å². The zero-order valence-corrected chi connectivity index (χ0v) is 12.7.